The van der Waals surface area contributed by atoms with Crippen molar-refractivity contribution in [2.24, 2.45) is 5.73 Å². The van der Waals surface area contributed by atoms with Crippen molar-refractivity contribution in [1.29, 1.82) is 0 Å². The summed E-state index contributed by atoms with van der Waals surface area (Å²) >= 11 is 0. The van der Waals surface area contributed by atoms with E-state index in [4.69, 9.17) is 10.5 Å². The van der Waals surface area contributed by atoms with Crippen LogP contribution in [-0.4, -0.2) is 17.8 Å². The molecule has 0 aromatic heterocycles. The number of benzene rings is 1. The standard InChI is InChI=1S/C12H17NO2/c1-8(12(13)5-6-12)9-3-4-11(15-2)10(14)7-9/h3-4,7-8,14H,5-6,13H2,1-2H3. The third-order valence-electron chi connectivity index (χ3n) is 3.39. The molecular weight excluding hydrogens is 190 g/mol. The van der Waals surface area contributed by atoms with Crippen LogP contribution in [0.25, 0.3) is 0 Å². The molecule has 1 aliphatic rings. The Morgan fingerprint density at radius 2 is 2.13 bits per heavy atom. The zero-order valence-electron chi connectivity index (χ0n) is 9.16. The molecule has 0 bridgehead atoms. The van der Waals surface area contributed by atoms with Gasteiger partial charge in [-0.05, 0) is 36.5 Å². The number of methoxy groups -OCH3 is 1. The molecule has 3 heteroatoms. The average Bonchev–Trinajstić information content (AvgIpc) is 2.96. The highest BCUT2D eigenvalue weighted by molar-refractivity contribution is 5.43. The maximum absolute atomic E-state index is 9.66. The second-order valence-electron chi connectivity index (χ2n) is 4.39. The van der Waals surface area contributed by atoms with Crippen molar-refractivity contribution >= 4 is 0 Å². The smallest absolute Gasteiger partial charge is 0.160 e. The molecule has 0 spiro atoms. The molecule has 1 aliphatic carbocycles. The van der Waals surface area contributed by atoms with Gasteiger partial charge in [-0.3, -0.25) is 0 Å². The first kappa shape index (κ1) is 10.3. The van der Waals surface area contributed by atoms with E-state index in [0.717, 1.165) is 18.4 Å². The van der Waals surface area contributed by atoms with Crippen LogP contribution in [0.2, 0.25) is 0 Å². The molecule has 1 unspecified atom stereocenters. The zero-order valence-corrected chi connectivity index (χ0v) is 9.16. The van der Waals surface area contributed by atoms with E-state index in [1.165, 1.54) is 0 Å². The fourth-order valence-electron chi connectivity index (χ4n) is 1.89. The van der Waals surface area contributed by atoms with E-state index in [-0.39, 0.29) is 17.2 Å². The fourth-order valence-corrected chi connectivity index (χ4v) is 1.89. The van der Waals surface area contributed by atoms with Gasteiger partial charge in [0.15, 0.2) is 11.5 Å². The van der Waals surface area contributed by atoms with E-state index in [1.807, 2.05) is 6.07 Å². The number of phenolic OH excluding ortho intramolecular Hbond substituents is 1. The Morgan fingerprint density at radius 3 is 2.60 bits per heavy atom. The molecule has 0 amide bonds. The largest absolute Gasteiger partial charge is 0.504 e. The number of hydrogen-bond donors (Lipinski definition) is 2. The van der Waals surface area contributed by atoms with Crippen LogP contribution in [0.1, 0.15) is 31.2 Å². The maximum Gasteiger partial charge on any atom is 0.160 e. The summed E-state index contributed by atoms with van der Waals surface area (Å²) in [6.45, 7) is 2.11. The summed E-state index contributed by atoms with van der Waals surface area (Å²) in [4.78, 5) is 0. The molecule has 1 atom stereocenters. The third kappa shape index (κ3) is 1.79. The van der Waals surface area contributed by atoms with Gasteiger partial charge in [-0.25, -0.2) is 0 Å². The Kier molecular flexibility index (Phi) is 2.35. The Balaban J connectivity index is 2.26. The Labute approximate surface area is 89.9 Å². The van der Waals surface area contributed by atoms with E-state index in [0.29, 0.717) is 5.75 Å². The number of ether oxygens (including phenoxy) is 1. The lowest BCUT2D eigenvalue weighted by Crippen LogP contribution is -2.28. The van der Waals surface area contributed by atoms with Crippen molar-refractivity contribution in [1.82, 2.24) is 0 Å². The van der Waals surface area contributed by atoms with Crippen molar-refractivity contribution in [2.45, 2.75) is 31.2 Å². The molecule has 1 saturated carbocycles. The highest BCUT2D eigenvalue weighted by Gasteiger charge is 2.43. The third-order valence-corrected chi connectivity index (χ3v) is 3.39. The lowest BCUT2D eigenvalue weighted by Gasteiger charge is -2.19. The molecule has 15 heavy (non-hydrogen) atoms. The van der Waals surface area contributed by atoms with Gasteiger partial charge in [-0.1, -0.05) is 13.0 Å². The van der Waals surface area contributed by atoms with E-state index in [2.05, 4.69) is 6.92 Å². The molecule has 1 aromatic carbocycles. The SMILES string of the molecule is COc1ccc(C(C)C2(N)CC2)cc1O. The van der Waals surface area contributed by atoms with Crippen molar-refractivity contribution in [2.75, 3.05) is 7.11 Å². The van der Waals surface area contributed by atoms with Crippen LogP contribution in [0.15, 0.2) is 18.2 Å². The van der Waals surface area contributed by atoms with Crippen molar-refractivity contribution in [3.8, 4) is 11.5 Å². The first-order valence-electron chi connectivity index (χ1n) is 5.22. The predicted octanol–water partition coefficient (Wildman–Crippen LogP) is 2.00. The minimum absolute atomic E-state index is 0.0545. The van der Waals surface area contributed by atoms with Gasteiger partial charge >= 0.3 is 0 Å². The summed E-state index contributed by atoms with van der Waals surface area (Å²) in [5.41, 5.74) is 7.15. The molecule has 82 valence electrons. The van der Waals surface area contributed by atoms with Gasteiger partial charge in [-0.2, -0.15) is 0 Å². The molecule has 1 aromatic rings. The van der Waals surface area contributed by atoms with Crippen LogP contribution < -0.4 is 10.5 Å². The number of aromatic hydroxyl groups is 1. The van der Waals surface area contributed by atoms with E-state index in [1.54, 1.807) is 19.2 Å². The molecule has 0 radical (unpaired) electrons. The average molecular weight is 207 g/mol. The van der Waals surface area contributed by atoms with Crippen LogP contribution >= 0.6 is 0 Å². The van der Waals surface area contributed by atoms with Crippen molar-refractivity contribution in [3.63, 3.8) is 0 Å². The van der Waals surface area contributed by atoms with Crippen LogP contribution in [0.4, 0.5) is 0 Å². The molecular formula is C12H17NO2. The van der Waals surface area contributed by atoms with E-state index in [9.17, 15) is 5.11 Å². The Hall–Kier alpha value is -1.22. The molecule has 0 saturated heterocycles. The summed E-state index contributed by atoms with van der Waals surface area (Å²) in [6.07, 6.45) is 2.14. The minimum atomic E-state index is -0.0545. The summed E-state index contributed by atoms with van der Waals surface area (Å²) < 4.78 is 5.00. The lowest BCUT2D eigenvalue weighted by molar-refractivity contribution is 0.372. The molecule has 1 fully saturated rings. The topological polar surface area (TPSA) is 55.5 Å². The lowest BCUT2D eigenvalue weighted by atomic mass is 9.91. The second-order valence-corrected chi connectivity index (χ2v) is 4.39. The van der Waals surface area contributed by atoms with Gasteiger partial charge in [0.2, 0.25) is 0 Å². The summed E-state index contributed by atoms with van der Waals surface area (Å²) in [6, 6.07) is 5.50. The zero-order chi connectivity index (χ0) is 11.1. The quantitative estimate of drug-likeness (QED) is 0.797. The molecule has 2 rings (SSSR count). The molecule has 3 N–H and O–H groups in total. The van der Waals surface area contributed by atoms with Crippen LogP contribution in [0.5, 0.6) is 11.5 Å². The van der Waals surface area contributed by atoms with Gasteiger partial charge in [0.1, 0.15) is 0 Å². The summed E-state index contributed by atoms with van der Waals surface area (Å²) in [7, 11) is 1.55. The van der Waals surface area contributed by atoms with E-state index < -0.39 is 0 Å². The normalized spacial score (nSPS) is 19.7. The fraction of sp³-hybridized carbons (Fsp3) is 0.500. The minimum Gasteiger partial charge on any atom is -0.504 e. The van der Waals surface area contributed by atoms with Crippen LogP contribution in [0, 0.1) is 0 Å². The van der Waals surface area contributed by atoms with Crippen molar-refractivity contribution < 1.29 is 9.84 Å². The second kappa shape index (κ2) is 3.42. The highest BCUT2D eigenvalue weighted by Crippen LogP contribution is 2.45. The van der Waals surface area contributed by atoms with Gasteiger partial charge in [-0.15, -0.1) is 0 Å². The molecule has 0 aliphatic heterocycles. The summed E-state index contributed by atoms with van der Waals surface area (Å²) in [5, 5.41) is 9.66. The molecule has 0 heterocycles. The number of phenols is 1. The first-order chi connectivity index (χ1) is 7.07. The van der Waals surface area contributed by atoms with Gasteiger partial charge in [0.25, 0.3) is 0 Å². The number of nitrogens with two attached hydrogens (primary N) is 1. The Bertz CT molecular complexity index is 372. The van der Waals surface area contributed by atoms with Gasteiger partial charge in [0, 0.05) is 5.54 Å². The molecule has 3 nitrogen and oxygen atoms in total. The van der Waals surface area contributed by atoms with Crippen molar-refractivity contribution in [3.05, 3.63) is 23.8 Å². The van der Waals surface area contributed by atoms with Gasteiger partial charge < -0.3 is 15.6 Å². The highest BCUT2D eigenvalue weighted by atomic mass is 16.5. The van der Waals surface area contributed by atoms with Crippen LogP contribution in [0.3, 0.4) is 0 Å². The van der Waals surface area contributed by atoms with Crippen LogP contribution in [-0.2, 0) is 0 Å². The maximum atomic E-state index is 9.66. The summed E-state index contributed by atoms with van der Waals surface area (Å²) in [5.74, 6) is 0.980. The number of rotatable bonds is 3. The number of hydrogen-bond acceptors (Lipinski definition) is 3. The predicted molar refractivity (Wildman–Crippen MR) is 59.2 cm³/mol. The van der Waals surface area contributed by atoms with Gasteiger partial charge in [0.05, 0.1) is 7.11 Å². The Morgan fingerprint density at radius 1 is 1.47 bits per heavy atom. The first-order valence-corrected chi connectivity index (χ1v) is 5.22. The monoisotopic (exact) mass is 207 g/mol. The van der Waals surface area contributed by atoms with E-state index >= 15 is 0 Å².